The number of nitrogen functional groups attached to an aromatic ring is 1. The summed E-state index contributed by atoms with van der Waals surface area (Å²) < 4.78 is 8.82. The summed E-state index contributed by atoms with van der Waals surface area (Å²) >= 11 is 0. The molecule has 0 fully saturated rings. The summed E-state index contributed by atoms with van der Waals surface area (Å²) in [4.78, 5) is 44.8. The highest BCUT2D eigenvalue weighted by Crippen LogP contribution is 2.19. The van der Waals surface area contributed by atoms with Crippen molar-refractivity contribution in [1.82, 2.24) is 5.43 Å². The van der Waals surface area contributed by atoms with Crippen molar-refractivity contribution in [3.8, 4) is 0 Å². The van der Waals surface area contributed by atoms with Crippen LogP contribution in [0.15, 0.2) is 23.3 Å². The Balaban J connectivity index is 3.03. The Morgan fingerprint density at radius 1 is 1.29 bits per heavy atom. The molecule has 0 aliphatic carbocycles. The molecule has 24 heavy (non-hydrogen) atoms. The molecule has 1 aromatic rings. The molecule has 1 aromatic carbocycles. The minimum Gasteiger partial charge on any atom is -0.469 e. The van der Waals surface area contributed by atoms with Gasteiger partial charge in [-0.1, -0.05) is 0 Å². The van der Waals surface area contributed by atoms with Gasteiger partial charge in [-0.2, -0.15) is 5.10 Å². The molecule has 0 bridgehead atoms. The van der Waals surface area contributed by atoms with Crippen LogP contribution in [0.5, 0.6) is 0 Å². The molecule has 0 unspecified atom stereocenters. The van der Waals surface area contributed by atoms with Gasteiger partial charge in [0, 0.05) is 17.8 Å². The van der Waals surface area contributed by atoms with Gasteiger partial charge in [-0.15, -0.1) is 0 Å². The van der Waals surface area contributed by atoms with Crippen molar-refractivity contribution in [2.75, 3.05) is 20.0 Å². The van der Waals surface area contributed by atoms with Crippen molar-refractivity contribution in [2.45, 2.75) is 6.42 Å². The molecule has 0 aliphatic heterocycles. The molecular formula is C13H14N4O7. The maximum absolute atomic E-state index is 12.0. The number of nitro benzene ring substituents is 1. The van der Waals surface area contributed by atoms with Crippen LogP contribution in [0, 0.1) is 10.1 Å². The van der Waals surface area contributed by atoms with Gasteiger partial charge >= 0.3 is 11.9 Å². The minimum atomic E-state index is -0.951. The number of carbonyl (C=O) groups excluding carboxylic acids is 3. The Bertz CT molecular complexity index is 714. The van der Waals surface area contributed by atoms with Crippen molar-refractivity contribution >= 4 is 34.9 Å². The van der Waals surface area contributed by atoms with Gasteiger partial charge in [-0.05, 0) is 6.07 Å². The lowest BCUT2D eigenvalue weighted by Crippen LogP contribution is -2.27. The summed E-state index contributed by atoms with van der Waals surface area (Å²) in [6.07, 6.45) is -0.534. The van der Waals surface area contributed by atoms with E-state index in [2.05, 4.69) is 14.6 Å². The predicted molar refractivity (Wildman–Crippen MR) is 81.1 cm³/mol. The number of ether oxygens (including phenoxy) is 2. The van der Waals surface area contributed by atoms with Crippen LogP contribution in [0.4, 0.5) is 11.4 Å². The maximum Gasteiger partial charge on any atom is 0.354 e. The van der Waals surface area contributed by atoms with E-state index in [1.807, 2.05) is 5.43 Å². The van der Waals surface area contributed by atoms with Crippen LogP contribution in [0.3, 0.4) is 0 Å². The highest BCUT2D eigenvalue weighted by Gasteiger charge is 2.19. The van der Waals surface area contributed by atoms with E-state index < -0.39 is 34.9 Å². The number of nitrogens with one attached hydrogen (secondary N) is 1. The predicted octanol–water partition coefficient (Wildman–Crippen LogP) is -0.00110. The molecule has 0 spiro atoms. The highest BCUT2D eigenvalue weighted by molar-refractivity contribution is 6.39. The summed E-state index contributed by atoms with van der Waals surface area (Å²) in [6.45, 7) is 0. The minimum absolute atomic E-state index is 0.0270. The standard InChI is InChI=1S/C13H14N4O7/c1-23-11(18)6-10(13(20)24-2)15-16-12(19)8-5-7(17(21)22)3-4-9(8)14/h3-5H,6,14H2,1-2H3,(H,16,19)/b15-10+. The van der Waals surface area contributed by atoms with Gasteiger partial charge in [0.15, 0.2) is 5.71 Å². The average molecular weight is 338 g/mol. The molecule has 1 rings (SSSR count). The van der Waals surface area contributed by atoms with E-state index in [1.165, 1.54) is 6.07 Å². The third-order valence-electron chi connectivity index (χ3n) is 2.75. The molecular weight excluding hydrogens is 324 g/mol. The van der Waals surface area contributed by atoms with Gasteiger partial charge < -0.3 is 15.2 Å². The first-order valence-electron chi connectivity index (χ1n) is 6.36. The van der Waals surface area contributed by atoms with Crippen LogP contribution in [0.2, 0.25) is 0 Å². The molecule has 0 radical (unpaired) electrons. The molecule has 0 heterocycles. The van der Waals surface area contributed by atoms with Crippen molar-refractivity contribution in [3.63, 3.8) is 0 Å². The van der Waals surface area contributed by atoms with Crippen LogP contribution < -0.4 is 11.2 Å². The summed E-state index contributed by atoms with van der Waals surface area (Å²) in [7, 11) is 2.18. The normalized spacial score (nSPS) is 10.7. The number of anilines is 1. The monoisotopic (exact) mass is 338 g/mol. The number of hydrogen-bond acceptors (Lipinski definition) is 9. The molecule has 11 nitrogen and oxygen atoms in total. The second-order valence-corrected chi connectivity index (χ2v) is 4.27. The Morgan fingerprint density at radius 3 is 2.50 bits per heavy atom. The number of rotatable bonds is 6. The lowest BCUT2D eigenvalue weighted by molar-refractivity contribution is -0.384. The number of methoxy groups -OCH3 is 2. The van der Waals surface area contributed by atoms with Crippen molar-refractivity contribution in [2.24, 2.45) is 5.10 Å². The van der Waals surface area contributed by atoms with E-state index in [-0.39, 0.29) is 16.9 Å². The maximum atomic E-state index is 12.0. The second-order valence-electron chi connectivity index (χ2n) is 4.27. The average Bonchev–Trinajstić information content (AvgIpc) is 2.57. The van der Waals surface area contributed by atoms with E-state index in [1.54, 1.807) is 0 Å². The van der Waals surface area contributed by atoms with Gasteiger partial charge in [-0.25, -0.2) is 10.2 Å². The Kier molecular flexibility index (Phi) is 6.35. The SMILES string of the molecule is COC(=O)C/C(=N\NC(=O)c1cc([N+](=O)[O-])ccc1N)C(=O)OC. The highest BCUT2D eigenvalue weighted by atomic mass is 16.6. The Hall–Kier alpha value is -3.50. The van der Waals surface area contributed by atoms with Crippen LogP contribution in [-0.4, -0.2) is 42.7 Å². The lowest BCUT2D eigenvalue weighted by atomic mass is 10.1. The van der Waals surface area contributed by atoms with Crippen molar-refractivity contribution in [1.29, 1.82) is 0 Å². The summed E-state index contributed by atoms with van der Waals surface area (Å²) in [5.41, 5.74) is 6.57. The zero-order chi connectivity index (χ0) is 18.3. The zero-order valence-electron chi connectivity index (χ0n) is 12.8. The topological polar surface area (TPSA) is 163 Å². The quantitative estimate of drug-likeness (QED) is 0.240. The Morgan fingerprint density at radius 2 is 1.96 bits per heavy atom. The number of hydrogen-bond donors (Lipinski definition) is 2. The van der Waals surface area contributed by atoms with E-state index in [0.29, 0.717) is 0 Å². The summed E-state index contributed by atoms with van der Waals surface area (Å²) in [5, 5.41) is 14.2. The van der Waals surface area contributed by atoms with Gasteiger partial charge in [0.1, 0.15) is 0 Å². The first kappa shape index (κ1) is 18.5. The fourth-order valence-corrected chi connectivity index (χ4v) is 1.52. The number of esters is 2. The van der Waals surface area contributed by atoms with E-state index in [9.17, 15) is 24.5 Å². The molecule has 1 amide bonds. The molecule has 3 N–H and O–H groups in total. The molecule has 0 aliphatic rings. The molecule has 0 aromatic heterocycles. The Labute approximate surface area is 135 Å². The summed E-state index contributed by atoms with van der Waals surface area (Å²) in [5.74, 6) is -2.63. The van der Waals surface area contributed by atoms with E-state index >= 15 is 0 Å². The van der Waals surface area contributed by atoms with Crippen LogP contribution in [0.25, 0.3) is 0 Å². The molecule has 11 heteroatoms. The molecule has 0 saturated heterocycles. The largest absolute Gasteiger partial charge is 0.469 e. The van der Waals surface area contributed by atoms with Crippen LogP contribution >= 0.6 is 0 Å². The van der Waals surface area contributed by atoms with E-state index in [4.69, 9.17) is 5.73 Å². The number of amides is 1. The molecule has 0 atom stereocenters. The van der Waals surface area contributed by atoms with Crippen LogP contribution in [0.1, 0.15) is 16.8 Å². The van der Waals surface area contributed by atoms with Gasteiger partial charge in [-0.3, -0.25) is 19.7 Å². The number of non-ortho nitro benzene ring substituents is 1. The molecule has 128 valence electrons. The first-order valence-corrected chi connectivity index (χ1v) is 6.36. The fourth-order valence-electron chi connectivity index (χ4n) is 1.52. The van der Waals surface area contributed by atoms with Crippen LogP contribution in [-0.2, 0) is 19.1 Å². The summed E-state index contributed by atoms with van der Waals surface area (Å²) in [6, 6.07) is 3.28. The van der Waals surface area contributed by atoms with Crippen molar-refractivity contribution < 1.29 is 28.8 Å². The number of hydrazone groups is 1. The lowest BCUT2D eigenvalue weighted by Gasteiger charge is -2.06. The molecule has 0 saturated carbocycles. The van der Waals surface area contributed by atoms with Gasteiger partial charge in [0.2, 0.25) is 0 Å². The number of benzene rings is 1. The fraction of sp³-hybridized carbons (Fsp3) is 0.231. The zero-order valence-corrected chi connectivity index (χ0v) is 12.8. The van der Waals surface area contributed by atoms with Crippen molar-refractivity contribution in [3.05, 3.63) is 33.9 Å². The second kappa shape index (κ2) is 8.22. The number of nitrogens with two attached hydrogens (primary N) is 1. The van der Waals surface area contributed by atoms with Gasteiger partial charge in [0.05, 0.1) is 31.1 Å². The van der Waals surface area contributed by atoms with Gasteiger partial charge in [0.25, 0.3) is 11.6 Å². The number of carbonyl (C=O) groups is 3. The third-order valence-corrected chi connectivity index (χ3v) is 2.75. The number of nitrogens with zero attached hydrogens (tertiary/aromatic N) is 2. The number of nitro groups is 1. The smallest absolute Gasteiger partial charge is 0.354 e. The third kappa shape index (κ3) is 4.76. The van der Waals surface area contributed by atoms with E-state index in [0.717, 1.165) is 26.4 Å². The first-order chi connectivity index (χ1) is 11.3.